The van der Waals surface area contributed by atoms with E-state index in [4.69, 9.17) is 21.1 Å². The van der Waals surface area contributed by atoms with Crippen LogP contribution in [0.4, 0.5) is 0 Å². The number of aromatic nitrogens is 2. The molecule has 0 amide bonds. The van der Waals surface area contributed by atoms with Gasteiger partial charge < -0.3 is 21.1 Å². The van der Waals surface area contributed by atoms with Gasteiger partial charge in [0.25, 0.3) is 0 Å². The number of rotatable bonds is 6. The number of oxime groups is 2. The van der Waals surface area contributed by atoms with E-state index in [2.05, 4.69) is 20.3 Å². The highest BCUT2D eigenvalue weighted by molar-refractivity contribution is 7.18. The summed E-state index contributed by atoms with van der Waals surface area (Å²) in [5.74, 6) is 0.510. The number of nitrogens with zero attached hydrogens (tertiary/aromatic N) is 4. The first-order valence-corrected chi connectivity index (χ1v) is 8.72. The lowest BCUT2D eigenvalue weighted by Gasteiger charge is -2.06. The first-order valence-electron chi connectivity index (χ1n) is 7.90. The van der Waals surface area contributed by atoms with Crippen molar-refractivity contribution < 1.29 is 9.68 Å². The molecule has 0 saturated carbocycles. The van der Waals surface area contributed by atoms with Gasteiger partial charge >= 0.3 is 0 Å². The Bertz CT molecular complexity index is 921. The quantitative estimate of drug-likeness (QED) is 0.384. The average molecular weight is 382 g/mol. The fourth-order valence-electron chi connectivity index (χ4n) is 2.50. The van der Waals surface area contributed by atoms with Crippen molar-refractivity contribution in [1.29, 1.82) is 0 Å². The topological polar surface area (TPSA) is 121 Å². The number of pyridine rings is 2. The minimum atomic E-state index is 0.255. The van der Waals surface area contributed by atoms with Crippen LogP contribution in [0.5, 0.6) is 0 Å². The number of hydrogen-bond acceptors (Lipinski definition) is 7. The van der Waals surface area contributed by atoms with Crippen LogP contribution in [0.3, 0.4) is 0 Å². The molecule has 138 valence electrons. The molecule has 0 aliphatic rings. The van der Waals surface area contributed by atoms with Gasteiger partial charge in [-0.1, -0.05) is 10.3 Å². The standard InChI is InChI=1S/C18H18N6O2S/c1-25-23-17(19)11-5-3-9-21-15(11)13-7-8-14(27-13)16-12(6-4-10-22-16)18(20)24-26-2/h3-10H,1-2H3,(H2,19,23)(H2,20,24). The second kappa shape index (κ2) is 8.28. The van der Waals surface area contributed by atoms with E-state index in [9.17, 15) is 0 Å². The van der Waals surface area contributed by atoms with Crippen molar-refractivity contribution in [2.24, 2.45) is 21.8 Å². The zero-order chi connectivity index (χ0) is 19.2. The first kappa shape index (κ1) is 18.3. The molecule has 8 nitrogen and oxygen atoms in total. The zero-order valence-corrected chi connectivity index (χ0v) is 15.6. The third kappa shape index (κ3) is 3.87. The molecular formula is C18H18N6O2S. The Morgan fingerprint density at radius 2 is 1.26 bits per heavy atom. The number of nitrogens with two attached hydrogens (primary N) is 2. The van der Waals surface area contributed by atoms with Crippen LogP contribution in [-0.4, -0.2) is 35.9 Å². The van der Waals surface area contributed by atoms with E-state index in [1.54, 1.807) is 24.5 Å². The van der Waals surface area contributed by atoms with Crippen LogP contribution in [0.15, 0.2) is 59.1 Å². The van der Waals surface area contributed by atoms with Crippen molar-refractivity contribution in [2.45, 2.75) is 0 Å². The third-order valence-corrected chi connectivity index (χ3v) is 4.72. The highest BCUT2D eigenvalue weighted by Crippen LogP contribution is 2.35. The first-order chi connectivity index (χ1) is 13.2. The van der Waals surface area contributed by atoms with Gasteiger partial charge in [0, 0.05) is 23.5 Å². The molecule has 4 N–H and O–H groups in total. The van der Waals surface area contributed by atoms with E-state index < -0.39 is 0 Å². The maximum Gasteiger partial charge on any atom is 0.172 e. The summed E-state index contributed by atoms with van der Waals surface area (Å²) in [6.07, 6.45) is 3.40. The van der Waals surface area contributed by atoms with Crippen LogP contribution >= 0.6 is 11.3 Å². The van der Waals surface area contributed by atoms with Crippen molar-refractivity contribution >= 4 is 23.0 Å². The lowest BCUT2D eigenvalue weighted by Crippen LogP contribution is -2.15. The van der Waals surface area contributed by atoms with Gasteiger partial charge in [-0.2, -0.15) is 0 Å². The Hall–Kier alpha value is -3.46. The number of hydrogen-bond donors (Lipinski definition) is 2. The van der Waals surface area contributed by atoms with Crippen molar-refractivity contribution in [3.8, 4) is 21.1 Å². The number of amidine groups is 2. The van der Waals surface area contributed by atoms with Gasteiger partial charge in [0.1, 0.15) is 14.2 Å². The molecule has 0 radical (unpaired) electrons. The van der Waals surface area contributed by atoms with E-state index in [-0.39, 0.29) is 11.7 Å². The van der Waals surface area contributed by atoms with Crippen LogP contribution in [-0.2, 0) is 9.68 Å². The van der Waals surface area contributed by atoms with Gasteiger partial charge in [-0.05, 0) is 36.4 Å². The molecule has 0 saturated heterocycles. The van der Waals surface area contributed by atoms with Crippen molar-refractivity contribution in [3.63, 3.8) is 0 Å². The van der Waals surface area contributed by atoms with Gasteiger partial charge in [0.15, 0.2) is 11.7 Å². The molecule has 0 aliphatic carbocycles. The normalized spacial score (nSPS) is 12.1. The SMILES string of the molecule is CO/N=C(\N)c1cccnc1-c1ccc(-c2ncccc2/C(N)=N/OC)s1. The largest absolute Gasteiger partial charge is 0.397 e. The van der Waals surface area contributed by atoms with Gasteiger partial charge in [-0.15, -0.1) is 11.3 Å². The molecule has 27 heavy (non-hydrogen) atoms. The highest BCUT2D eigenvalue weighted by atomic mass is 32.1. The van der Waals surface area contributed by atoms with E-state index in [1.165, 1.54) is 25.6 Å². The smallest absolute Gasteiger partial charge is 0.172 e. The van der Waals surface area contributed by atoms with Crippen LogP contribution in [0.2, 0.25) is 0 Å². The number of thiophene rings is 1. The summed E-state index contributed by atoms with van der Waals surface area (Å²) in [6.45, 7) is 0. The monoisotopic (exact) mass is 382 g/mol. The molecule has 0 bridgehead atoms. The van der Waals surface area contributed by atoms with Crippen LogP contribution < -0.4 is 11.5 Å². The molecule has 3 aromatic rings. The Morgan fingerprint density at radius 3 is 1.67 bits per heavy atom. The summed E-state index contributed by atoms with van der Waals surface area (Å²) >= 11 is 1.51. The Labute approximate surface area is 160 Å². The van der Waals surface area contributed by atoms with Crippen LogP contribution in [0.25, 0.3) is 21.1 Å². The maximum absolute atomic E-state index is 5.99. The minimum Gasteiger partial charge on any atom is -0.397 e. The molecule has 0 aliphatic heterocycles. The van der Waals surface area contributed by atoms with E-state index in [0.29, 0.717) is 22.5 Å². The summed E-state index contributed by atoms with van der Waals surface area (Å²) in [7, 11) is 2.89. The maximum atomic E-state index is 5.99. The second-order valence-corrected chi connectivity index (χ2v) is 6.37. The fraction of sp³-hybridized carbons (Fsp3) is 0.111. The summed E-state index contributed by atoms with van der Waals surface area (Å²) < 4.78 is 0. The molecule has 3 aromatic heterocycles. The lowest BCUT2D eigenvalue weighted by molar-refractivity contribution is 0.213. The van der Waals surface area contributed by atoms with Gasteiger partial charge in [-0.25, -0.2) is 0 Å². The van der Waals surface area contributed by atoms with E-state index in [1.807, 2.05) is 24.3 Å². The average Bonchev–Trinajstić information content (AvgIpc) is 3.18. The van der Waals surface area contributed by atoms with Crippen LogP contribution in [0.1, 0.15) is 11.1 Å². The van der Waals surface area contributed by atoms with Crippen molar-refractivity contribution in [1.82, 2.24) is 9.97 Å². The van der Waals surface area contributed by atoms with Gasteiger partial charge in [-0.3, -0.25) is 9.97 Å². The van der Waals surface area contributed by atoms with Gasteiger partial charge in [0.2, 0.25) is 0 Å². The zero-order valence-electron chi connectivity index (χ0n) is 14.8. The fourth-order valence-corrected chi connectivity index (χ4v) is 3.53. The Balaban J connectivity index is 2.06. The molecular weight excluding hydrogens is 364 g/mol. The molecule has 0 aromatic carbocycles. The summed E-state index contributed by atoms with van der Waals surface area (Å²) in [6, 6.07) is 11.2. The van der Waals surface area contributed by atoms with Crippen molar-refractivity contribution in [3.05, 3.63) is 59.9 Å². The predicted molar refractivity (Wildman–Crippen MR) is 106 cm³/mol. The van der Waals surface area contributed by atoms with Gasteiger partial charge in [0.05, 0.1) is 21.1 Å². The van der Waals surface area contributed by atoms with Crippen molar-refractivity contribution in [2.75, 3.05) is 14.2 Å². The van der Waals surface area contributed by atoms with E-state index in [0.717, 1.165) is 9.75 Å². The molecule has 0 spiro atoms. The second-order valence-electron chi connectivity index (χ2n) is 5.28. The molecule has 0 fully saturated rings. The lowest BCUT2D eigenvalue weighted by atomic mass is 10.1. The minimum absolute atomic E-state index is 0.255. The molecule has 3 rings (SSSR count). The Kier molecular flexibility index (Phi) is 5.62. The molecule has 9 heteroatoms. The highest BCUT2D eigenvalue weighted by Gasteiger charge is 2.16. The summed E-state index contributed by atoms with van der Waals surface area (Å²) in [5.41, 5.74) is 14.8. The van der Waals surface area contributed by atoms with E-state index >= 15 is 0 Å². The summed E-state index contributed by atoms with van der Waals surface area (Å²) in [4.78, 5) is 20.3. The predicted octanol–water partition coefficient (Wildman–Crippen LogP) is 2.41. The van der Waals surface area contributed by atoms with Crippen LogP contribution in [0, 0.1) is 0 Å². The summed E-state index contributed by atoms with van der Waals surface area (Å²) in [5, 5.41) is 7.61. The molecule has 3 heterocycles. The molecule has 0 unspecified atom stereocenters. The Morgan fingerprint density at radius 1 is 0.815 bits per heavy atom. The molecule has 0 atom stereocenters. The third-order valence-electron chi connectivity index (χ3n) is 3.62.